The molecule has 0 radical (unpaired) electrons. The standard InChI is InChI=1S/C23H33N3O5.HI/c1-16-7-8-17(20(13-16)31-12-11-27-3)14-25-23(24-2)26-15-18-9-10-19(28-4)22(30-6)21(18)29-5;/h7-10,13H,11-12,14-15H2,1-6H3,(H2,24,25,26);1H. The number of hydrogen-bond donors (Lipinski definition) is 2. The second-order valence-electron chi connectivity index (χ2n) is 6.73. The first-order valence-electron chi connectivity index (χ1n) is 10.0. The molecule has 2 rings (SSSR count). The molecule has 0 amide bonds. The van der Waals surface area contributed by atoms with Crippen molar-refractivity contribution in [3.8, 4) is 23.0 Å². The van der Waals surface area contributed by atoms with Gasteiger partial charge in [-0.25, -0.2) is 0 Å². The summed E-state index contributed by atoms with van der Waals surface area (Å²) < 4.78 is 27.3. The highest BCUT2D eigenvalue weighted by Gasteiger charge is 2.16. The largest absolute Gasteiger partial charge is 0.493 e. The van der Waals surface area contributed by atoms with Crippen molar-refractivity contribution in [2.45, 2.75) is 20.0 Å². The molecule has 9 heteroatoms. The maximum atomic E-state index is 5.86. The fraction of sp³-hybridized carbons (Fsp3) is 0.435. The number of guanidine groups is 1. The molecule has 0 aliphatic heterocycles. The van der Waals surface area contributed by atoms with Gasteiger partial charge in [0.1, 0.15) is 12.4 Å². The van der Waals surface area contributed by atoms with Crippen molar-refractivity contribution >= 4 is 29.9 Å². The summed E-state index contributed by atoms with van der Waals surface area (Å²) in [4.78, 5) is 4.31. The third-order valence-corrected chi connectivity index (χ3v) is 4.67. The third-order valence-electron chi connectivity index (χ3n) is 4.67. The van der Waals surface area contributed by atoms with Crippen LogP contribution in [0.3, 0.4) is 0 Å². The van der Waals surface area contributed by atoms with E-state index in [2.05, 4.69) is 27.8 Å². The van der Waals surface area contributed by atoms with Crippen LogP contribution in [0.25, 0.3) is 0 Å². The minimum Gasteiger partial charge on any atom is -0.493 e. The molecule has 0 atom stereocenters. The number of rotatable bonds is 11. The summed E-state index contributed by atoms with van der Waals surface area (Å²) in [5.41, 5.74) is 3.09. The molecule has 0 saturated heterocycles. The Morgan fingerprint density at radius 1 is 0.812 bits per heavy atom. The Bertz CT molecular complexity index is 877. The fourth-order valence-electron chi connectivity index (χ4n) is 3.06. The van der Waals surface area contributed by atoms with E-state index in [1.807, 2.05) is 25.1 Å². The highest BCUT2D eigenvalue weighted by Crippen LogP contribution is 2.39. The molecule has 0 aliphatic rings. The lowest BCUT2D eigenvalue weighted by molar-refractivity contribution is 0.145. The summed E-state index contributed by atoms with van der Waals surface area (Å²) in [6.45, 7) is 4.13. The maximum Gasteiger partial charge on any atom is 0.203 e. The first-order valence-corrected chi connectivity index (χ1v) is 10.0. The zero-order chi connectivity index (χ0) is 22.6. The lowest BCUT2D eigenvalue weighted by Gasteiger charge is -2.18. The molecule has 2 aromatic carbocycles. The summed E-state index contributed by atoms with van der Waals surface area (Å²) >= 11 is 0. The molecular formula is C23H34IN3O5. The van der Waals surface area contributed by atoms with Gasteiger partial charge in [0.2, 0.25) is 5.75 Å². The molecule has 0 spiro atoms. The van der Waals surface area contributed by atoms with Crippen LogP contribution in [0.2, 0.25) is 0 Å². The Balaban J connectivity index is 0.00000512. The van der Waals surface area contributed by atoms with Gasteiger partial charge in [-0.1, -0.05) is 12.1 Å². The first kappa shape index (κ1) is 27.6. The van der Waals surface area contributed by atoms with Crippen molar-refractivity contribution in [2.24, 2.45) is 4.99 Å². The van der Waals surface area contributed by atoms with E-state index >= 15 is 0 Å². The highest BCUT2D eigenvalue weighted by molar-refractivity contribution is 14.0. The normalized spacial score (nSPS) is 10.8. The number of ether oxygens (including phenoxy) is 5. The molecule has 0 unspecified atom stereocenters. The topological polar surface area (TPSA) is 82.6 Å². The summed E-state index contributed by atoms with van der Waals surface area (Å²) in [6.07, 6.45) is 0. The minimum absolute atomic E-state index is 0. The Labute approximate surface area is 207 Å². The number of nitrogens with one attached hydrogen (secondary N) is 2. The minimum atomic E-state index is 0. The van der Waals surface area contributed by atoms with Gasteiger partial charge in [-0.05, 0) is 30.7 Å². The number of halogens is 1. The Morgan fingerprint density at radius 3 is 2.06 bits per heavy atom. The van der Waals surface area contributed by atoms with Crippen molar-refractivity contribution in [2.75, 3.05) is 48.7 Å². The van der Waals surface area contributed by atoms with Crippen LogP contribution in [0.5, 0.6) is 23.0 Å². The van der Waals surface area contributed by atoms with Crippen LogP contribution in [-0.2, 0) is 17.8 Å². The van der Waals surface area contributed by atoms with E-state index in [1.54, 1.807) is 35.5 Å². The average molecular weight is 559 g/mol. The zero-order valence-corrected chi connectivity index (χ0v) is 21.9. The van der Waals surface area contributed by atoms with Crippen molar-refractivity contribution < 1.29 is 23.7 Å². The molecule has 8 nitrogen and oxygen atoms in total. The maximum absolute atomic E-state index is 5.86. The Morgan fingerprint density at radius 2 is 1.47 bits per heavy atom. The number of benzene rings is 2. The third kappa shape index (κ3) is 7.63. The fourth-order valence-corrected chi connectivity index (χ4v) is 3.06. The highest BCUT2D eigenvalue weighted by atomic mass is 127. The summed E-state index contributed by atoms with van der Waals surface area (Å²) in [5.74, 6) is 3.29. The summed E-state index contributed by atoms with van der Waals surface area (Å²) in [5, 5.41) is 6.63. The second kappa shape index (κ2) is 14.6. The molecule has 0 aliphatic carbocycles. The number of methoxy groups -OCH3 is 4. The van der Waals surface area contributed by atoms with E-state index in [9.17, 15) is 0 Å². The van der Waals surface area contributed by atoms with Crippen molar-refractivity contribution in [1.29, 1.82) is 0 Å². The average Bonchev–Trinajstić information content (AvgIpc) is 2.79. The smallest absolute Gasteiger partial charge is 0.203 e. The monoisotopic (exact) mass is 559 g/mol. The van der Waals surface area contributed by atoms with E-state index < -0.39 is 0 Å². The SMILES string of the molecule is CN=C(NCc1ccc(C)cc1OCCOC)NCc1ccc(OC)c(OC)c1OC.I. The van der Waals surface area contributed by atoms with E-state index in [0.717, 1.165) is 22.4 Å². The Hall–Kier alpha value is -2.40. The van der Waals surface area contributed by atoms with Crippen LogP contribution in [-0.4, -0.2) is 54.7 Å². The molecule has 0 fully saturated rings. The van der Waals surface area contributed by atoms with Crippen molar-refractivity contribution in [3.63, 3.8) is 0 Å². The predicted octanol–water partition coefficient (Wildman–Crippen LogP) is 3.53. The van der Waals surface area contributed by atoms with Crippen LogP contribution >= 0.6 is 24.0 Å². The molecular weight excluding hydrogens is 525 g/mol. The van der Waals surface area contributed by atoms with E-state index in [0.29, 0.717) is 49.5 Å². The number of hydrogen-bond acceptors (Lipinski definition) is 6. The quantitative estimate of drug-likeness (QED) is 0.189. The van der Waals surface area contributed by atoms with Gasteiger partial charge in [-0.3, -0.25) is 4.99 Å². The lowest BCUT2D eigenvalue weighted by Crippen LogP contribution is -2.36. The van der Waals surface area contributed by atoms with Crippen LogP contribution in [0, 0.1) is 6.92 Å². The molecule has 0 heterocycles. The molecule has 178 valence electrons. The van der Waals surface area contributed by atoms with Crippen LogP contribution in [0.1, 0.15) is 16.7 Å². The van der Waals surface area contributed by atoms with E-state index in [4.69, 9.17) is 23.7 Å². The molecule has 2 N–H and O–H groups in total. The molecule has 0 aromatic heterocycles. The van der Waals surface area contributed by atoms with Gasteiger partial charge in [0, 0.05) is 38.4 Å². The molecule has 0 saturated carbocycles. The zero-order valence-electron chi connectivity index (χ0n) is 19.6. The number of aliphatic imine (C=N–C) groups is 1. The summed E-state index contributed by atoms with van der Waals surface area (Å²) in [7, 11) is 8.18. The number of nitrogens with zero attached hydrogens (tertiary/aromatic N) is 1. The Kier molecular flexibility index (Phi) is 12.6. The van der Waals surface area contributed by atoms with Crippen molar-refractivity contribution in [3.05, 3.63) is 47.0 Å². The lowest BCUT2D eigenvalue weighted by atomic mass is 10.1. The molecule has 2 aromatic rings. The van der Waals surface area contributed by atoms with Crippen molar-refractivity contribution in [1.82, 2.24) is 10.6 Å². The van der Waals surface area contributed by atoms with Gasteiger partial charge < -0.3 is 34.3 Å². The first-order chi connectivity index (χ1) is 15.1. The van der Waals surface area contributed by atoms with Gasteiger partial charge in [0.15, 0.2) is 17.5 Å². The van der Waals surface area contributed by atoms with Crippen LogP contribution in [0.15, 0.2) is 35.3 Å². The van der Waals surface area contributed by atoms with Gasteiger partial charge in [0.05, 0.1) is 27.9 Å². The molecule has 32 heavy (non-hydrogen) atoms. The predicted molar refractivity (Wildman–Crippen MR) is 137 cm³/mol. The van der Waals surface area contributed by atoms with Gasteiger partial charge in [0.25, 0.3) is 0 Å². The van der Waals surface area contributed by atoms with Gasteiger partial charge in [-0.2, -0.15) is 0 Å². The van der Waals surface area contributed by atoms with Gasteiger partial charge >= 0.3 is 0 Å². The summed E-state index contributed by atoms with van der Waals surface area (Å²) in [6, 6.07) is 9.92. The molecule has 0 bridgehead atoms. The van der Waals surface area contributed by atoms with E-state index in [1.165, 1.54) is 0 Å². The van der Waals surface area contributed by atoms with Crippen LogP contribution in [0.4, 0.5) is 0 Å². The second-order valence-corrected chi connectivity index (χ2v) is 6.73. The van der Waals surface area contributed by atoms with Gasteiger partial charge in [-0.15, -0.1) is 24.0 Å². The number of aryl methyl sites for hydroxylation is 1. The van der Waals surface area contributed by atoms with E-state index in [-0.39, 0.29) is 24.0 Å². The van der Waals surface area contributed by atoms with Crippen LogP contribution < -0.4 is 29.6 Å².